The van der Waals surface area contributed by atoms with Crippen LogP contribution in [-0.2, 0) is 10.0 Å². The minimum Gasteiger partial charge on any atom is -0.324 e. The lowest BCUT2D eigenvalue weighted by molar-refractivity contribution is 0.602. The zero-order chi connectivity index (χ0) is 12.2. The van der Waals surface area contributed by atoms with Gasteiger partial charge in [-0.3, -0.25) is 4.72 Å². The molecule has 0 amide bonds. The molecule has 1 atom stereocenters. The van der Waals surface area contributed by atoms with Gasteiger partial charge in [-0.1, -0.05) is 19.1 Å². The van der Waals surface area contributed by atoms with Crippen LogP contribution in [0.2, 0.25) is 0 Å². The number of hydrogen-bond donors (Lipinski definition) is 2. The summed E-state index contributed by atoms with van der Waals surface area (Å²) >= 11 is 0. The Morgan fingerprint density at radius 2 is 1.81 bits per heavy atom. The molecule has 0 heterocycles. The number of rotatable bonds is 5. The third kappa shape index (κ3) is 3.50. The van der Waals surface area contributed by atoms with Gasteiger partial charge in [0, 0.05) is 11.7 Å². The summed E-state index contributed by atoms with van der Waals surface area (Å²) in [4.78, 5) is 0. The summed E-state index contributed by atoms with van der Waals surface area (Å²) in [5.74, 6) is 0.0726. The average molecular weight is 242 g/mol. The van der Waals surface area contributed by atoms with Crippen LogP contribution in [-0.4, -0.2) is 14.2 Å². The van der Waals surface area contributed by atoms with Gasteiger partial charge < -0.3 is 5.73 Å². The van der Waals surface area contributed by atoms with Gasteiger partial charge in [0.05, 0.1) is 5.75 Å². The number of anilines is 1. The molecule has 0 bridgehead atoms. The molecule has 1 aromatic carbocycles. The second kappa shape index (κ2) is 5.32. The third-order valence-corrected chi connectivity index (χ3v) is 3.74. The normalized spacial score (nSPS) is 13.4. The highest BCUT2D eigenvalue weighted by atomic mass is 32.2. The maximum Gasteiger partial charge on any atom is 0.232 e. The van der Waals surface area contributed by atoms with Gasteiger partial charge >= 0.3 is 0 Å². The van der Waals surface area contributed by atoms with Gasteiger partial charge in [-0.25, -0.2) is 8.42 Å². The molecule has 0 saturated heterocycles. The summed E-state index contributed by atoms with van der Waals surface area (Å²) < 4.78 is 25.1. The number of benzene rings is 1. The van der Waals surface area contributed by atoms with Crippen molar-refractivity contribution >= 4 is 15.7 Å². The quantitative estimate of drug-likeness (QED) is 0.827. The molecule has 1 rings (SSSR count). The van der Waals surface area contributed by atoms with Crippen molar-refractivity contribution in [2.24, 2.45) is 5.73 Å². The van der Waals surface area contributed by atoms with E-state index in [0.29, 0.717) is 5.69 Å². The van der Waals surface area contributed by atoms with Crippen LogP contribution in [0, 0.1) is 0 Å². The van der Waals surface area contributed by atoms with E-state index >= 15 is 0 Å². The van der Waals surface area contributed by atoms with Crippen molar-refractivity contribution in [3.05, 3.63) is 29.8 Å². The van der Waals surface area contributed by atoms with Crippen LogP contribution in [0.5, 0.6) is 0 Å². The Morgan fingerprint density at radius 3 is 2.25 bits per heavy atom. The van der Waals surface area contributed by atoms with Crippen molar-refractivity contribution in [2.45, 2.75) is 26.3 Å². The summed E-state index contributed by atoms with van der Waals surface area (Å²) in [6, 6.07) is 7.18. The topological polar surface area (TPSA) is 72.2 Å². The van der Waals surface area contributed by atoms with Gasteiger partial charge in [0.25, 0.3) is 0 Å². The second-order valence-corrected chi connectivity index (χ2v) is 5.65. The Labute approximate surface area is 96.9 Å². The van der Waals surface area contributed by atoms with Crippen molar-refractivity contribution in [3.63, 3.8) is 0 Å². The van der Waals surface area contributed by atoms with Crippen molar-refractivity contribution in [3.8, 4) is 0 Å². The molecule has 0 aromatic heterocycles. The van der Waals surface area contributed by atoms with Gasteiger partial charge in [0.2, 0.25) is 10.0 Å². The molecular formula is C11H18N2O2S. The first-order valence-electron chi connectivity index (χ1n) is 5.34. The van der Waals surface area contributed by atoms with Crippen molar-refractivity contribution in [1.82, 2.24) is 0 Å². The van der Waals surface area contributed by atoms with E-state index < -0.39 is 10.0 Å². The molecule has 0 aliphatic heterocycles. The first kappa shape index (κ1) is 13.0. The number of nitrogens with two attached hydrogens (primary N) is 1. The van der Waals surface area contributed by atoms with E-state index in [9.17, 15) is 8.42 Å². The maximum atomic E-state index is 11.3. The Hall–Kier alpha value is -1.07. The van der Waals surface area contributed by atoms with E-state index in [-0.39, 0.29) is 11.8 Å². The zero-order valence-corrected chi connectivity index (χ0v) is 10.4. The lowest BCUT2D eigenvalue weighted by Gasteiger charge is -2.10. The first-order valence-corrected chi connectivity index (χ1v) is 6.99. The van der Waals surface area contributed by atoms with Crippen molar-refractivity contribution in [1.29, 1.82) is 0 Å². The predicted octanol–water partition coefficient (Wildman–Crippen LogP) is 1.86. The van der Waals surface area contributed by atoms with Crippen LogP contribution >= 0.6 is 0 Å². The highest BCUT2D eigenvalue weighted by molar-refractivity contribution is 7.92. The molecule has 0 unspecified atom stereocenters. The lowest BCUT2D eigenvalue weighted by atomic mass is 10.1. The van der Waals surface area contributed by atoms with Gasteiger partial charge in [0.1, 0.15) is 0 Å². The van der Waals surface area contributed by atoms with Gasteiger partial charge in [-0.2, -0.15) is 0 Å². The fourth-order valence-corrected chi connectivity index (χ4v) is 1.93. The molecule has 16 heavy (non-hydrogen) atoms. The molecular weight excluding hydrogens is 224 g/mol. The molecule has 4 nitrogen and oxygen atoms in total. The fourth-order valence-electron chi connectivity index (χ4n) is 1.29. The zero-order valence-electron chi connectivity index (χ0n) is 9.60. The molecule has 0 aliphatic carbocycles. The Kier molecular flexibility index (Phi) is 4.32. The molecule has 90 valence electrons. The summed E-state index contributed by atoms with van der Waals surface area (Å²) in [6.07, 6.45) is 0.861. The molecule has 0 spiro atoms. The minimum atomic E-state index is -3.19. The Balaban J connectivity index is 2.80. The summed E-state index contributed by atoms with van der Waals surface area (Å²) in [7, 11) is -3.19. The van der Waals surface area contributed by atoms with Crippen LogP contribution in [0.3, 0.4) is 0 Å². The van der Waals surface area contributed by atoms with Crippen LogP contribution < -0.4 is 10.5 Å². The van der Waals surface area contributed by atoms with Crippen molar-refractivity contribution < 1.29 is 8.42 Å². The standard InChI is InChI=1S/C11H18N2O2S/c1-3-11(12)9-5-7-10(8-6-9)13-16(14,15)4-2/h5-8,11,13H,3-4,12H2,1-2H3/t11-/m1/s1. The Bertz CT molecular complexity index is 426. The highest BCUT2D eigenvalue weighted by Crippen LogP contribution is 2.17. The van der Waals surface area contributed by atoms with Crippen LogP contribution in [0.25, 0.3) is 0 Å². The Morgan fingerprint density at radius 1 is 1.25 bits per heavy atom. The van der Waals surface area contributed by atoms with E-state index in [1.54, 1.807) is 19.1 Å². The van der Waals surface area contributed by atoms with Gasteiger partial charge in [0.15, 0.2) is 0 Å². The van der Waals surface area contributed by atoms with E-state index in [1.165, 1.54) is 0 Å². The van der Waals surface area contributed by atoms with Crippen LogP contribution in [0.15, 0.2) is 24.3 Å². The minimum absolute atomic E-state index is 0.0110. The summed E-state index contributed by atoms with van der Waals surface area (Å²) in [6.45, 7) is 3.61. The number of hydrogen-bond acceptors (Lipinski definition) is 3. The molecule has 0 saturated carbocycles. The molecule has 0 aliphatic rings. The predicted molar refractivity (Wildman–Crippen MR) is 66.7 cm³/mol. The average Bonchev–Trinajstić information content (AvgIpc) is 2.28. The monoisotopic (exact) mass is 242 g/mol. The van der Waals surface area contributed by atoms with E-state index in [0.717, 1.165) is 12.0 Å². The van der Waals surface area contributed by atoms with Crippen LogP contribution in [0.1, 0.15) is 31.9 Å². The van der Waals surface area contributed by atoms with Gasteiger partial charge in [-0.05, 0) is 31.0 Å². The smallest absolute Gasteiger partial charge is 0.232 e. The molecule has 0 fully saturated rings. The fraction of sp³-hybridized carbons (Fsp3) is 0.455. The summed E-state index contributed by atoms with van der Waals surface area (Å²) in [5, 5.41) is 0. The van der Waals surface area contributed by atoms with Crippen molar-refractivity contribution in [2.75, 3.05) is 10.5 Å². The molecule has 5 heteroatoms. The number of nitrogens with one attached hydrogen (secondary N) is 1. The highest BCUT2D eigenvalue weighted by Gasteiger charge is 2.07. The molecule has 0 radical (unpaired) electrons. The first-order chi connectivity index (χ1) is 7.48. The number of sulfonamides is 1. The molecule has 1 aromatic rings. The van der Waals surface area contributed by atoms with Crippen LogP contribution in [0.4, 0.5) is 5.69 Å². The molecule has 3 N–H and O–H groups in total. The van der Waals surface area contributed by atoms with E-state index in [2.05, 4.69) is 4.72 Å². The second-order valence-electron chi connectivity index (χ2n) is 3.64. The lowest BCUT2D eigenvalue weighted by Crippen LogP contribution is -2.14. The summed E-state index contributed by atoms with van der Waals surface area (Å²) in [5.41, 5.74) is 7.45. The largest absolute Gasteiger partial charge is 0.324 e. The van der Waals surface area contributed by atoms with E-state index in [1.807, 2.05) is 19.1 Å². The maximum absolute atomic E-state index is 11.3. The third-order valence-electron chi connectivity index (χ3n) is 2.43. The van der Waals surface area contributed by atoms with E-state index in [4.69, 9.17) is 5.73 Å². The SMILES string of the molecule is CC[C@@H](N)c1ccc(NS(=O)(=O)CC)cc1. The van der Waals surface area contributed by atoms with Gasteiger partial charge in [-0.15, -0.1) is 0 Å².